The molecule has 134 valence electrons. The second-order valence-corrected chi connectivity index (χ2v) is 5.89. The Labute approximate surface area is 154 Å². The highest BCUT2D eigenvalue weighted by Crippen LogP contribution is 2.20. The van der Waals surface area contributed by atoms with Gasteiger partial charge in [0.05, 0.1) is 7.11 Å². The highest BCUT2D eigenvalue weighted by atomic mass is 16.5. The van der Waals surface area contributed by atoms with E-state index in [1.807, 2.05) is 42.5 Å². The van der Waals surface area contributed by atoms with Gasteiger partial charge in [-0.05, 0) is 42.2 Å². The molecule has 5 nitrogen and oxygen atoms in total. The van der Waals surface area contributed by atoms with Crippen molar-refractivity contribution in [1.29, 1.82) is 0 Å². The number of anilines is 3. The summed E-state index contributed by atoms with van der Waals surface area (Å²) in [7, 11) is 1.70. The van der Waals surface area contributed by atoms with Crippen molar-refractivity contribution in [2.24, 2.45) is 0 Å². The van der Waals surface area contributed by atoms with Crippen molar-refractivity contribution in [1.82, 2.24) is 9.97 Å². The van der Waals surface area contributed by atoms with Gasteiger partial charge in [-0.3, -0.25) is 0 Å². The number of rotatable bonds is 8. The average Bonchev–Trinajstić information content (AvgIpc) is 2.69. The van der Waals surface area contributed by atoms with Crippen LogP contribution in [0.3, 0.4) is 0 Å². The van der Waals surface area contributed by atoms with Gasteiger partial charge < -0.3 is 15.4 Å². The van der Waals surface area contributed by atoms with Crippen LogP contribution in [0.4, 0.5) is 17.5 Å². The van der Waals surface area contributed by atoms with Gasteiger partial charge >= 0.3 is 0 Å². The van der Waals surface area contributed by atoms with Crippen molar-refractivity contribution in [3.63, 3.8) is 0 Å². The van der Waals surface area contributed by atoms with Crippen molar-refractivity contribution < 1.29 is 4.74 Å². The van der Waals surface area contributed by atoms with E-state index in [-0.39, 0.29) is 0 Å². The molecule has 1 heterocycles. The van der Waals surface area contributed by atoms with Gasteiger partial charge in [0.25, 0.3) is 0 Å². The van der Waals surface area contributed by atoms with Gasteiger partial charge in [-0.25, -0.2) is 4.98 Å². The Balaban J connectivity index is 1.62. The van der Waals surface area contributed by atoms with Crippen LogP contribution in [0.5, 0.6) is 5.75 Å². The molecule has 2 aromatic carbocycles. The second-order valence-electron chi connectivity index (χ2n) is 5.89. The predicted molar refractivity (Wildman–Crippen MR) is 106 cm³/mol. The molecule has 3 rings (SSSR count). The van der Waals surface area contributed by atoms with E-state index in [1.165, 1.54) is 11.1 Å². The number of hydrogen-bond acceptors (Lipinski definition) is 5. The minimum absolute atomic E-state index is 0.591. The molecular weight excluding hydrogens is 324 g/mol. The summed E-state index contributed by atoms with van der Waals surface area (Å²) in [6, 6.07) is 18.1. The first-order valence-corrected chi connectivity index (χ1v) is 8.84. The first kappa shape index (κ1) is 17.7. The SMILES string of the molecule is CCc1ccccc1Nc1nccc(NCCc2ccccc2OC)n1. The van der Waals surface area contributed by atoms with E-state index in [0.29, 0.717) is 5.95 Å². The molecule has 0 bridgehead atoms. The molecule has 0 aliphatic rings. The maximum absolute atomic E-state index is 5.39. The summed E-state index contributed by atoms with van der Waals surface area (Å²) in [6.07, 6.45) is 3.57. The van der Waals surface area contributed by atoms with E-state index in [2.05, 4.69) is 39.7 Å². The Kier molecular flexibility index (Phi) is 6.04. The molecule has 0 aliphatic heterocycles. The molecule has 26 heavy (non-hydrogen) atoms. The third-order valence-electron chi connectivity index (χ3n) is 4.19. The topological polar surface area (TPSA) is 59.1 Å². The fraction of sp³-hybridized carbons (Fsp3) is 0.238. The lowest BCUT2D eigenvalue weighted by molar-refractivity contribution is 0.410. The number of aromatic nitrogens is 2. The maximum Gasteiger partial charge on any atom is 0.229 e. The summed E-state index contributed by atoms with van der Waals surface area (Å²) in [6.45, 7) is 2.90. The number of hydrogen-bond donors (Lipinski definition) is 2. The normalized spacial score (nSPS) is 10.4. The Morgan fingerprint density at radius 3 is 2.54 bits per heavy atom. The van der Waals surface area contributed by atoms with Crippen molar-refractivity contribution in [3.8, 4) is 5.75 Å². The van der Waals surface area contributed by atoms with Crippen LogP contribution in [-0.4, -0.2) is 23.6 Å². The fourth-order valence-electron chi connectivity index (χ4n) is 2.82. The van der Waals surface area contributed by atoms with Gasteiger partial charge in [0.15, 0.2) is 0 Å². The molecule has 0 fully saturated rings. The van der Waals surface area contributed by atoms with Crippen LogP contribution in [0.2, 0.25) is 0 Å². The second kappa shape index (κ2) is 8.85. The minimum Gasteiger partial charge on any atom is -0.496 e. The Bertz CT molecular complexity index is 851. The van der Waals surface area contributed by atoms with Crippen LogP contribution >= 0.6 is 0 Å². The number of nitrogens with one attached hydrogen (secondary N) is 2. The van der Waals surface area contributed by atoms with Crippen LogP contribution in [-0.2, 0) is 12.8 Å². The van der Waals surface area contributed by atoms with Crippen LogP contribution in [0.1, 0.15) is 18.1 Å². The molecule has 0 radical (unpaired) electrons. The van der Waals surface area contributed by atoms with Gasteiger partial charge in [0.1, 0.15) is 11.6 Å². The van der Waals surface area contributed by atoms with Gasteiger partial charge in [-0.1, -0.05) is 43.3 Å². The maximum atomic E-state index is 5.39. The lowest BCUT2D eigenvalue weighted by Gasteiger charge is -2.11. The molecule has 3 aromatic rings. The molecule has 0 saturated carbocycles. The van der Waals surface area contributed by atoms with Crippen LogP contribution in [0, 0.1) is 0 Å². The van der Waals surface area contributed by atoms with E-state index >= 15 is 0 Å². The Hall–Kier alpha value is -3.08. The minimum atomic E-state index is 0.591. The van der Waals surface area contributed by atoms with Crippen LogP contribution in [0.25, 0.3) is 0 Å². The van der Waals surface area contributed by atoms with E-state index in [9.17, 15) is 0 Å². The van der Waals surface area contributed by atoms with E-state index in [4.69, 9.17) is 4.74 Å². The van der Waals surface area contributed by atoms with E-state index in [0.717, 1.165) is 36.6 Å². The van der Waals surface area contributed by atoms with Crippen LogP contribution in [0.15, 0.2) is 60.8 Å². The summed E-state index contributed by atoms with van der Waals surface area (Å²) in [5.41, 5.74) is 3.46. The molecule has 0 aliphatic carbocycles. The molecule has 0 amide bonds. The highest BCUT2D eigenvalue weighted by Gasteiger charge is 2.05. The lowest BCUT2D eigenvalue weighted by Crippen LogP contribution is -2.08. The molecule has 0 spiro atoms. The number of methoxy groups -OCH3 is 1. The van der Waals surface area contributed by atoms with E-state index < -0.39 is 0 Å². The third-order valence-corrected chi connectivity index (χ3v) is 4.19. The number of benzene rings is 2. The zero-order valence-electron chi connectivity index (χ0n) is 15.2. The average molecular weight is 348 g/mol. The van der Waals surface area contributed by atoms with Gasteiger partial charge in [0, 0.05) is 18.4 Å². The summed E-state index contributed by atoms with van der Waals surface area (Å²) in [5, 5.41) is 6.66. The van der Waals surface area contributed by atoms with Crippen LogP contribution < -0.4 is 15.4 Å². The first-order valence-electron chi connectivity index (χ1n) is 8.84. The van der Waals surface area contributed by atoms with Crippen molar-refractivity contribution >= 4 is 17.5 Å². The zero-order chi connectivity index (χ0) is 18.2. The van der Waals surface area contributed by atoms with Gasteiger partial charge in [-0.15, -0.1) is 0 Å². The molecule has 2 N–H and O–H groups in total. The summed E-state index contributed by atoms with van der Waals surface area (Å²) in [4.78, 5) is 8.87. The molecule has 0 unspecified atom stereocenters. The standard InChI is InChI=1S/C21H24N4O/c1-3-16-8-4-6-10-18(16)24-21-23-15-13-20(25-21)22-14-12-17-9-5-7-11-19(17)26-2/h4-11,13,15H,3,12,14H2,1-2H3,(H2,22,23,24,25). The Morgan fingerprint density at radius 2 is 1.73 bits per heavy atom. The number of nitrogens with zero attached hydrogens (tertiary/aromatic N) is 2. The van der Waals surface area contributed by atoms with Gasteiger partial charge in [-0.2, -0.15) is 4.98 Å². The molecule has 0 atom stereocenters. The lowest BCUT2D eigenvalue weighted by atomic mass is 10.1. The molecule has 5 heteroatoms. The summed E-state index contributed by atoms with van der Waals surface area (Å²) in [5.74, 6) is 2.30. The number of aryl methyl sites for hydroxylation is 1. The monoisotopic (exact) mass is 348 g/mol. The summed E-state index contributed by atoms with van der Waals surface area (Å²) >= 11 is 0. The first-order chi connectivity index (χ1) is 12.8. The fourth-order valence-corrected chi connectivity index (χ4v) is 2.82. The highest BCUT2D eigenvalue weighted by molar-refractivity contribution is 5.59. The van der Waals surface area contributed by atoms with E-state index in [1.54, 1.807) is 13.3 Å². The molecule has 0 saturated heterocycles. The Morgan fingerprint density at radius 1 is 0.962 bits per heavy atom. The smallest absolute Gasteiger partial charge is 0.229 e. The van der Waals surface area contributed by atoms with Crippen molar-refractivity contribution in [2.45, 2.75) is 19.8 Å². The number of para-hydroxylation sites is 2. The van der Waals surface area contributed by atoms with Gasteiger partial charge in [0.2, 0.25) is 5.95 Å². The molecular formula is C21H24N4O. The zero-order valence-corrected chi connectivity index (χ0v) is 15.2. The predicted octanol–water partition coefficient (Wildman–Crippen LogP) is 4.45. The number of ether oxygens (including phenoxy) is 1. The third kappa shape index (κ3) is 4.51. The quantitative estimate of drug-likeness (QED) is 0.630. The molecule has 1 aromatic heterocycles. The van der Waals surface area contributed by atoms with Crippen molar-refractivity contribution in [3.05, 3.63) is 71.9 Å². The van der Waals surface area contributed by atoms with Crippen molar-refractivity contribution in [2.75, 3.05) is 24.3 Å². The largest absolute Gasteiger partial charge is 0.496 e. The summed E-state index contributed by atoms with van der Waals surface area (Å²) < 4.78 is 5.39.